The zero-order chi connectivity index (χ0) is 9.26. The Morgan fingerprint density at radius 3 is 2.85 bits per heavy atom. The van der Waals surface area contributed by atoms with Crippen LogP contribution in [-0.4, -0.2) is 14.8 Å². The smallest absolute Gasteiger partial charge is 0.244 e. The number of aromatic nitrogens is 4. The van der Waals surface area contributed by atoms with Crippen molar-refractivity contribution in [1.29, 1.82) is 0 Å². The molecule has 2 aromatic rings. The predicted octanol–water partition coefficient (Wildman–Crippen LogP) is 0.307. The van der Waals surface area contributed by atoms with Crippen molar-refractivity contribution in [2.24, 2.45) is 14.1 Å². The van der Waals surface area contributed by atoms with Gasteiger partial charge in [-0.3, -0.25) is 0 Å². The van der Waals surface area contributed by atoms with Crippen LogP contribution in [0.1, 0.15) is 0 Å². The van der Waals surface area contributed by atoms with Gasteiger partial charge < -0.3 is 0 Å². The quantitative estimate of drug-likeness (QED) is 0.584. The summed E-state index contributed by atoms with van der Waals surface area (Å²) in [6.45, 7) is 0. The molecule has 0 aromatic carbocycles. The third kappa shape index (κ3) is 1.30. The van der Waals surface area contributed by atoms with E-state index in [1.54, 1.807) is 11.0 Å². The lowest BCUT2D eigenvalue weighted by Gasteiger charge is -1.97. The van der Waals surface area contributed by atoms with Crippen LogP contribution in [0.15, 0.2) is 30.7 Å². The van der Waals surface area contributed by atoms with E-state index < -0.39 is 0 Å². The second-order valence-corrected chi connectivity index (χ2v) is 2.90. The van der Waals surface area contributed by atoms with E-state index in [9.17, 15) is 0 Å². The van der Waals surface area contributed by atoms with Gasteiger partial charge in [-0.2, -0.15) is 9.67 Å². The molecule has 0 saturated carbocycles. The maximum absolute atomic E-state index is 4.18. The van der Waals surface area contributed by atoms with Crippen molar-refractivity contribution in [3.63, 3.8) is 0 Å². The number of hydrogen-bond acceptors (Lipinski definition) is 2. The average Bonchev–Trinajstić information content (AvgIpc) is 2.52. The van der Waals surface area contributed by atoms with Gasteiger partial charge in [-0.25, -0.2) is 9.67 Å². The van der Waals surface area contributed by atoms with E-state index in [1.807, 2.05) is 43.1 Å². The molecule has 0 atom stereocenters. The van der Waals surface area contributed by atoms with E-state index in [4.69, 9.17) is 0 Å². The van der Waals surface area contributed by atoms with Gasteiger partial charge in [0.15, 0.2) is 6.20 Å². The number of pyridine rings is 1. The molecule has 0 fully saturated rings. The summed E-state index contributed by atoms with van der Waals surface area (Å²) in [5.74, 6) is 0.878. The van der Waals surface area contributed by atoms with E-state index in [2.05, 4.69) is 10.1 Å². The highest BCUT2D eigenvalue weighted by atomic mass is 15.3. The molecule has 13 heavy (non-hydrogen) atoms. The molecule has 0 N–H and O–H groups in total. The van der Waals surface area contributed by atoms with Crippen LogP contribution in [0.2, 0.25) is 0 Å². The van der Waals surface area contributed by atoms with Crippen molar-refractivity contribution in [2.45, 2.75) is 0 Å². The Labute approximate surface area is 76.5 Å². The molecule has 0 aliphatic carbocycles. The largest absolute Gasteiger partial charge is 0.249 e. The first-order chi connectivity index (χ1) is 6.29. The lowest BCUT2D eigenvalue weighted by atomic mass is 10.3. The zero-order valence-electron chi connectivity index (χ0n) is 7.68. The molecule has 4 heteroatoms. The van der Waals surface area contributed by atoms with E-state index in [-0.39, 0.29) is 0 Å². The van der Waals surface area contributed by atoms with Crippen LogP contribution in [0.3, 0.4) is 0 Å². The molecular weight excluding hydrogens is 164 g/mol. The van der Waals surface area contributed by atoms with Crippen molar-refractivity contribution >= 4 is 0 Å². The van der Waals surface area contributed by atoms with Crippen LogP contribution in [0.5, 0.6) is 0 Å². The number of nitrogens with zero attached hydrogens (tertiary/aromatic N) is 4. The summed E-state index contributed by atoms with van der Waals surface area (Å²) in [4.78, 5) is 4.18. The van der Waals surface area contributed by atoms with Crippen molar-refractivity contribution in [1.82, 2.24) is 14.8 Å². The molecule has 0 spiro atoms. The van der Waals surface area contributed by atoms with Crippen molar-refractivity contribution in [3.8, 4) is 11.5 Å². The molecular formula is C9H11N4+. The summed E-state index contributed by atoms with van der Waals surface area (Å²) < 4.78 is 3.78. The Bertz CT molecular complexity index is 419. The maximum Gasteiger partial charge on any atom is 0.249 e. The van der Waals surface area contributed by atoms with Gasteiger partial charge in [-0.15, -0.1) is 0 Å². The summed E-state index contributed by atoms with van der Waals surface area (Å²) in [6.07, 6.45) is 3.55. The minimum atomic E-state index is 0.878. The van der Waals surface area contributed by atoms with Gasteiger partial charge in [0.05, 0.1) is 0 Å². The van der Waals surface area contributed by atoms with Crippen LogP contribution < -0.4 is 4.57 Å². The molecule has 0 unspecified atom stereocenters. The summed E-state index contributed by atoms with van der Waals surface area (Å²) in [6, 6.07) is 5.99. The van der Waals surface area contributed by atoms with Gasteiger partial charge >= 0.3 is 0 Å². The van der Waals surface area contributed by atoms with E-state index in [0.717, 1.165) is 11.5 Å². The van der Waals surface area contributed by atoms with Gasteiger partial charge in [0.2, 0.25) is 11.5 Å². The normalized spacial score (nSPS) is 10.3. The second-order valence-electron chi connectivity index (χ2n) is 2.90. The SMILES string of the molecule is Cn1ncnc1-c1cccc[n+]1C. The fourth-order valence-corrected chi connectivity index (χ4v) is 1.28. The summed E-state index contributed by atoms with van der Waals surface area (Å²) in [7, 11) is 3.87. The van der Waals surface area contributed by atoms with Crippen molar-refractivity contribution in [2.75, 3.05) is 0 Å². The van der Waals surface area contributed by atoms with E-state index in [1.165, 1.54) is 0 Å². The highest BCUT2D eigenvalue weighted by Crippen LogP contribution is 2.08. The Morgan fingerprint density at radius 1 is 1.38 bits per heavy atom. The molecule has 0 saturated heterocycles. The monoisotopic (exact) mass is 175 g/mol. The minimum Gasteiger partial charge on any atom is -0.244 e. The van der Waals surface area contributed by atoms with Gasteiger partial charge in [0, 0.05) is 19.2 Å². The molecule has 0 aliphatic heterocycles. The van der Waals surface area contributed by atoms with E-state index >= 15 is 0 Å². The highest BCUT2D eigenvalue weighted by Gasteiger charge is 2.12. The third-order valence-corrected chi connectivity index (χ3v) is 2.00. The van der Waals surface area contributed by atoms with Gasteiger partial charge in [0.1, 0.15) is 13.4 Å². The minimum absolute atomic E-state index is 0.878. The highest BCUT2D eigenvalue weighted by molar-refractivity contribution is 5.43. The first-order valence-electron chi connectivity index (χ1n) is 4.08. The van der Waals surface area contributed by atoms with Crippen LogP contribution in [0, 0.1) is 0 Å². The van der Waals surface area contributed by atoms with Crippen LogP contribution in [-0.2, 0) is 14.1 Å². The molecule has 66 valence electrons. The van der Waals surface area contributed by atoms with Gasteiger partial charge in [-0.05, 0) is 6.07 Å². The summed E-state index contributed by atoms with van der Waals surface area (Å²) in [5, 5.41) is 4.03. The van der Waals surface area contributed by atoms with Gasteiger partial charge in [0.25, 0.3) is 0 Å². The first-order valence-corrected chi connectivity index (χ1v) is 4.08. The van der Waals surface area contributed by atoms with Crippen LogP contribution >= 0.6 is 0 Å². The molecule has 2 rings (SSSR count). The molecule has 2 heterocycles. The predicted molar refractivity (Wildman–Crippen MR) is 47.6 cm³/mol. The molecule has 2 aromatic heterocycles. The topological polar surface area (TPSA) is 34.6 Å². The third-order valence-electron chi connectivity index (χ3n) is 2.00. The average molecular weight is 175 g/mol. The standard InChI is InChI=1S/C9H11N4/c1-12-6-4-3-5-8(12)9-10-7-11-13(9)2/h3-7H,1-2H3/q+1. The molecule has 0 radical (unpaired) electrons. The number of hydrogen-bond donors (Lipinski definition) is 0. The zero-order valence-corrected chi connectivity index (χ0v) is 7.68. The van der Waals surface area contributed by atoms with Crippen LogP contribution in [0.25, 0.3) is 11.5 Å². The number of aryl methyl sites for hydroxylation is 2. The summed E-state index contributed by atoms with van der Waals surface area (Å²) >= 11 is 0. The van der Waals surface area contributed by atoms with Crippen molar-refractivity contribution < 1.29 is 4.57 Å². The van der Waals surface area contributed by atoms with E-state index in [0.29, 0.717) is 0 Å². The molecule has 4 nitrogen and oxygen atoms in total. The Balaban J connectivity index is 2.59. The fraction of sp³-hybridized carbons (Fsp3) is 0.222. The Kier molecular flexibility index (Phi) is 1.81. The Morgan fingerprint density at radius 2 is 2.23 bits per heavy atom. The molecule has 0 amide bonds. The van der Waals surface area contributed by atoms with Gasteiger partial charge in [-0.1, -0.05) is 0 Å². The molecule has 0 aliphatic rings. The fourth-order valence-electron chi connectivity index (χ4n) is 1.28. The van der Waals surface area contributed by atoms with Crippen LogP contribution in [0.4, 0.5) is 0 Å². The second kappa shape index (κ2) is 2.97. The molecule has 0 bridgehead atoms. The lowest BCUT2D eigenvalue weighted by Crippen LogP contribution is -2.30. The lowest BCUT2D eigenvalue weighted by molar-refractivity contribution is -0.660. The number of rotatable bonds is 1. The first kappa shape index (κ1) is 7.91. The maximum atomic E-state index is 4.18. The summed E-state index contributed by atoms with van der Waals surface area (Å²) in [5.41, 5.74) is 1.06. The Hall–Kier alpha value is -1.71. The van der Waals surface area contributed by atoms with Crippen molar-refractivity contribution in [3.05, 3.63) is 30.7 Å².